The first kappa shape index (κ1) is 13.7. The minimum Gasteiger partial charge on any atom is -0.397 e. The van der Waals surface area contributed by atoms with Gasteiger partial charge in [0.1, 0.15) is 5.69 Å². The number of hydrogen-bond acceptors (Lipinski definition) is 2. The molecular formula is C11H13F4N3O. The Kier molecular flexibility index (Phi) is 3.42. The van der Waals surface area contributed by atoms with Gasteiger partial charge in [-0.05, 0) is 18.9 Å². The van der Waals surface area contributed by atoms with Crippen molar-refractivity contribution in [3.8, 4) is 0 Å². The van der Waals surface area contributed by atoms with Crippen LogP contribution in [0.15, 0.2) is 12.3 Å². The molecule has 8 heteroatoms. The van der Waals surface area contributed by atoms with Gasteiger partial charge in [0.05, 0.1) is 12.2 Å². The molecule has 0 atom stereocenters. The molecular weight excluding hydrogens is 266 g/mol. The van der Waals surface area contributed by atoms with Crippen molar-refractivity contribution in [3.05, 3.63) is 18.0 Å². The van der Waals surface area contributed by atoms with Gasteiger partial charge in [-0.1, -0.05) is 0 Å². The Balaban J connectivity index is 2.04. The first-order valence-electron chi connectivity index (χ1n) is 5.73. The lowest BCUT2D eigenvalue weighted by molar-refractivity contribution is -0.123. The molecule has 1 aromatic heterocycles. The molecule has 1 saturated carbocycles. The number of carbonyl (C=O) groups is 1. The van der Waals surface area contributed by atoms with Crippen LogP contribution in [0.25, 0.3) is 0 Å². The summed E-state index contributed by atoms with van der Waals surface area (Å²) >= 11 is 0. The summed E-state index contributed by atoms with van der Waals surface area (Å²) in [5.74, 6) is -5.07. The summed E-state index contributed by atoms with van der Waals surface area (Å²) in [6.45, 7) is -1.40. The zero-order valence-corrected chi connectivity index (χ0v) is 9.88. The van der Waals surface area contributed by atoms with E-state index in [1.54, 1.807) is 4.57 Å². The van der Waals surface area contributed by atoms with E-state index in [2.05, 4.69) is 0 Å². The third-order valence-electron chi connectivity index (χ3n) is 2.85. The summed E-state index contributed by atoms with van der Waals surface area (Å²) in [6.07, 6.45) is -0.519. The molecule has 0 bridgehead atoms. The predicted molar refractivity (Wildman–Crippen MR) is 60.4 cm³/mol. The van der Waals surface area contributed by atoms with Crippen LogP contribution in [0.1, 0.15) is 29.4 Å². The van der Waals surface area contributed by atoms with Gasteiger partial charge in [-0.15, -0.1) is 0 Å². The topological polar surface area (TPSA) is 60.1 Å². The Bertz CT molecular complexity index is 482. The second-order valence-corrected chi connectivity index (χ2v) is 4.54. The molecule has 0 spiro atoms. The van der Waals surface area contributed by atoms with Crippen LogP contribution in [-0.4, -0.2) is 29.4 Å². The highest BCUT2D eigenvalue weighted by Gasteiger charge is 2.41. The molecule has 1 aliphatic rings. The number of nitrogens with zero attached hydrogens (tertiary/aromatic N) is 1. The van der Waals surface area contributed by atoms with Gasteiger partial charge >= 0.3 is 12.3 Å². The van der Waals surface area contributed by atoms with Crippen molar-refractivity contribution in [2.24, 2.45) is 0 Å². The van der Waals surface area contributed by atoms with Crippen LogP contribution in [0.4, 0.5) is 23.2 Å². The lowest BCUT2D eigenvalue weighted by Crippen LogP contribution is -2.41. The minimum atomic E-state index is -4.24. The van der Waals surface area contributed by atoms with E-state index in [0.717, 1.165) is 12.8 Å². The first-order valence-corrected chi connectivity index (χ1v) is 5.73. The van der Waals surface area contributed by atoms with Crippen molar-refractivity contribution in [2.45, 2.75) is 31.2 Å². The SMILES string of the molecule is Nc1cc(C(=O)NCC(F)(F)C(F)F)n(C2CC2)c1. The molecule has 3 N–H and O–H groups in total. The minimum absolute atomic E-state index is 0.116. The van der Waals surface area contributed by atoms with Crippen LogP contribution in [0.3, 0.4) is 0 Å². The van der Waals surface area contributed by atoms with Crippen LogP contribution >= 0.6 is 0 Å². The zero-order valence-electron chi connectivity index (χ0n) is 9.88. The van der Waals surface area contributed by atoms with Crippen molar-refractivity contribution in [1.29, 1.82) is 0 Å². The predicted octanol–water partition coefficient (Wildman–Crippen LogP) is 2.04. The Morgan fingerprint density at radius 3 is 2.68 bits per heavy atom. The highest BCUT2D eigenvalue weighted by atomic mass is 19.3. The molecule has 0 unspecified atom stereocenters. The summed E-state index contributed by atoms with van der Waals surface area (Å²) in [5, 5.41) is 1.81. The van der Waals surface area contributed by atoms with E-state index in [1.807, 2.05) is 5.32 Å². The summed E-state index contributed by atoms with van der Waals surface area (Å²) in [7, 11) is 0. The number of nitrogens with two attached hydrogens (primary N) is 1. The van der Waals surface area contributed by atoms with E-state index in [0.29, 0.717) is 5.69 Å². The number of carbonyl (C=O) groups excluding carboxylic acids is 1. The maximum Gasteiger partial charge on any atom is 0.324 e. The Labute approximate surface area is 106 Å². The lowest BCUT2D eigenvalue weighted by atomic mass is 10.3. The van der Waals surface area contributed by atoms with Gasteiger partial charge in [-0.2, -0.15) is 8.78 Å². The molecule has 4 nitrogen and oxygen atoms in total. The average Bonchev–Trinajstić information content (AvgIpc) is 3.09. The van der Waals surface area contributed by atoms with Gasteiger partial charge < -0.3 is 15.6 Å². The van der Waals surface area contributed by atoms with Crippen LogP contribution in [0.2, 0.25) is 0 Å². The molecule has 1 amide bonds. The fraction of sp³-hybridized carbons (Fsp3) is 0.545. The Morgan fingerprint density at radius 2 is 2.16 bits per heavy atom. The van der Waals surface area contributed by atoms with E-state index in [1.165, 1.54) is 12.3 Å². The fourth-order valence-corrected chi connectivity index (χ4v) is 1.70. The number of alkyl halides is 4. The molecule has 1 fully saturated rings. The number of amides is 1. The Hall–Kier alpha value is -1.73. The van der Waals surface area contributed by atoms with Crippen LogP contribution in [0, 0.1) is 0 Å². The highest BCUT2D eigenvalue weighted by molar-refractivity contribution is 5.94. The van der Waals surface area contributed by atoms with Crippen LogP contribution < -0.4 is 11.1 Å². The van der Waals surface area contributed by atoms with Gasteiger partial charge in [0.15, 0.2) is 0 Å². The van der Waals surface area contributed by atoms with Gasteiger partial charge in [0.25, 0.3) is 5.91 Å². The Morgan fingerprint density at radius 1 is 1.53 bits per heavy atom. The number of rotatable bonds is 5. The van der Waals surface area contributed by atoms with Gasteiger partial charge in [-0.3, -0.25) is 4.79 Å². The van der Waals surface area contributed by atoms with E-state index < -0.39 is 24.8 Å². The number of hydrogen-bond donors (Lipinski definition) is 2. The van der Waals surface area contributed by atoms with Crippen molar-refractivity contribution in [2.75, 3.05) is 12.3 Å². The maximum absolute atomic E-state index is 12.7. The number of nitrogens with one attached hydrogen (secondary N) is 1. The van der Waals surface area contributed by atoms with E-state index in [-0.39, 0.29) is 11.7 Å². The van der Waals surface area contributed by atoms with Gasteiger partial charge in [0, 0.05) is 12.2 Å². The normalized spacial score (nSPS) is 15.8. The fourth-order valence-electron chi connectivity index (χ4n) is 1.70. The first-order chi connectivity index (χ1) is 8.81. The smallest absolute Gasteiger partial charge is 0.324 e. The van der Waals surface area contributed by atoms with Crippen molar-refractivity contribution < 1.29 is 22.4 Å². The highest BCUT2D eigenvalue weighted by Crippen LogP contribution is 2.37. The average molecular weight is 279 g/mol. The maximum atomic E-state index is 12.7. The summed E-state index contributed by atoms with van der Waals surface area (Å²) in [6, 6.07) is 1.47. The summed E-state index contributed by atoms with van der Waals surface area (Å²) in [5.41, 5.74) is 5.99. The van der Waals surface area contributed by atoms with Crippen molar-refractivity contribution in [3.63, 3.8) is 0 Å². The molecule has 106 valence electrons. The molecule has 19 heavy (non-hydrogen) atoms. The third-order valence-corrected chi connectivity index (χ3v) is 2.85. The standard InChI is InChI=1S/C11H13F4N3O/c12-10(13)11(14,15)5-17-9(19)8-3-6(16)4-18(8)7-1-2-7/h3-4,7,10H,1-2,5,16H2,(H,17,19). The molecule has 2 rings (SSSR count). The molecule has 0 aromatic carbocycles. The molecule has 0 aliphatic heterocycles. The van der Waals surface area contributed by atoms with E-state index in [9.17, 15) is 22.4 Å². The second kappa shape index (κ2) is 4.75. The van der Waals surface area contributed by atoms with Crippen LogP contribution in [0.5, 0.6) is 0 Å². The summed E-state index contributed by atoms with van der Waals surface area (Å²) < 4.78 is 50.9. The van der Waals surface area contributed by atoms with Crippen molar-refractivity contribution >= 4 is 11.6 Å². The van der Waals surface area contributed by atoms with Crippen molar-refractivity contribution in [1.82, 2.24) is 9.88 Å². The molecule has 1 aromatic rings. The molecule has 1 heterocycles. The largest absolute Gasteiger partial charge is 0.397 e. The molecule has 0 radical (unpaired) electrons. The monoisotopic (exact) mass is 279 g/mol. The number of anilines is 1. The van der Waals surface area contributed by atoms with E-state index >= 15 is 0 Å². The zero-order chi connectivity index (χ0) is 14.2. The van der Waals surface area contributed by atoms with E-state index in [4.69, 9.17) is 5.73 Å². The van der Waals surface area contributed by atoms with Crippen LogP contribution in [-0.2, 0) is 0 Å². The number of aromatic nitrogens is 1. The quantitative estimate of drug-likeness (QED) is 0.810. The number of nitrogen functional groups attached to an aromatic ring is 1. The summed E-state index contributed by atoms with van der Waals surface area (Å²) in [4.78, 5) is 11.7. The lowest BCUT2D eigenvalue weighted by Gasteiger charge is -2.16. The number of halogens is 4. The molecule has 1 aliphatic carbocycles. The van der Waals surface area contributed by atoms with Gasteiger partial charge in [0.2, 0.25) is 0 Å². The van der Waals surface area contributed by atoms with Gasteiger partial charge in [-0.25, -0.2) is 8.78 Å². The second-order valence-electron chi connectivity index (χ2n) is 4.54. The molecule has 0 saturated heterocycles. The third kappa shape index (κ3) is 2.99.